The molecule has 0 aromatic heterocycles. The second-order valence-electron chi connectivity index (χ2n) is 4.14. The molecule has 0 atom stereocenters. The minimum absolute atomic E-state index is 0.0445. The van der Waals surface area contributed by atoms with Crippen LogP contribution in [0.1, 0.15) is 46.0 Å². The monoisotopic (exact) mass is 278 g/mol. The Balaban J connectivity index is 3.96. The molecule has 18 heavy (non-hydrogen) atoms. The number of unbranched alkanes of at least 4 members (excludes halogenated alkanes) is 2. The summed E-state index contributed by atoms with van der Waals surface area (Å²) in [5.41, 5.74) is 0. The van der Waals surface area contributed by atoms with Crippen molar-refractivity contribution in [3.8, 4) is 0 Å². The summed E-state index contributed by atoms with van der Waals surface area (Å²) in [7, 11) is -3.31. The molecular weight excluding hydrogens is 256 g/mol. The number of ether oxygens (including phenoxy) is 1. The van der Waals surface area contributed by atoms with Gasteiger partial charge < -0.3 is 4.74 Å². The van der Waals surface area contributed by atoms with Crippen LogP contribution < -0.4 is 0 Å². The predicted molar refractivity (Wildman–Crippen MR) is 69.1 cm³/mol. The first-order valence-electron chi connectivity index (χ1n) is 6.29. The van der Waals surface area contributed by atoms with Gasteiger partial charge >= 0.3 is 5.97 Å². The molecule has 6 heteroatoms. The molecule has 0 aliphatic heterocycles. The number of esters is 1. The van der Waals surface area contributed by atoms with Crippen LogP contribution in [0.3, 0.4) is 0 Å². The van der Waals surface area contributed by atoms with E-state index in [-0.39, 0.29) is 25.2 Å². The van der Waals surface area contributed by atoms with Crippen LogP contribution in [0.4, 0.5) is 0 Å². The Morgan fingerprint density at radius 1 is 1.06 bits per heavy atom. The van der Waals surface area contributed by atoms with E-state index in [2.05, 4.69) is 4.74 Å². The molecule has 0 spiro atoms. The molecular formula is C12H22O5S. The molecule has 106 valence electrons. The zero-order chi connectivity index (χ0) is 14.0. The average Bonchev–Trinajstić information content (AvgIpc) is 2.26. The van der Waals surface area contributed by atoms with E-state index in [4.69, 9.17) is 0 Å². The summed E-state index contributed by atoms with van der Waals surface area (Å²) in [6, 6.07) is 0. The molecule has 0 radical (unpaired) electrons. The summed E-state index contributed by atoms with van der Waals surface area (Å²) in [6.45, 7) is 3.93. The molecule has 5 nitrogen and oxygen atoms in total. The van der Waals surface area contributed by atoms with E-state index < -0.39 is 27.3 Å². The van der Waals surface area contributed by atoms with E-state index in [9.17, 15) is 18.0 Å². The third-order valence-corrected chi connectivity index (χ3v) is 4.03. The van der Waals surface area contributed by atoms with Crippen molar-refractivity contribution >= 4 is 21.6 Å². The van der Waals surface area contributed by atoms with E-state index in [0.29, 0.717) is 6.42 Å². The van der Waals surface area contributed by atoms with E-state index in [1.54, 1.807) is 6.92 Å². The van der Waals surface area contributed by atoms with Gasteiger partial charge in [-0.15, -0.1) is 0 Å². The summed E-state index contributed by atoms with van der Waals surface area (Å²) in [5, 5.41) is 0. The van der Waals surface area contributed by atoms with Gasteiger partial charge in [-0.1, -0.05) is 19.8 Å². The van der Waals surface area contributed by atoms with Crippen molar-refractivity contribution in [2.45, 2.75) is 46.0 Å². The smallest absolute Gasteiger partial charge is 0.306 e. The highest BCUT2D eigenvalue weighted by Crippen LogP contribution is 2.03. The Labute approximate surface area is 109 Å². The first-order chi connectivity index (χ1) is 8.41. The molecule has 0 aromatic carbocycles. The van der Waals surface area contributed by atoms with Crippen LogP contribution in [0.2, 0.25) is 0 Å². The van der Waals surface area contributed by atoms with Gasteiger partial charge in [0.15, 0.2) is 9.84 Å². The van der Waals surface area contributed by atoms with Gasteiger partial charge in [0.1, 0.15) is 11.5 Å². The molecule has 0 aliphatic carbocycles. The van der Waals surface area contributed by atoms with Crippen LogP contribution in [-0.4, -0.2) is 38.3 Å². The second-order valence-corrected chi connectivity index (χ2v) is 6.33. The summed E-state index contributed by atoms with van der Waals surface area (Å²) in [6.07, 6.45) is 2.26. The molecule has 0 amide bonds. The standard InChI is InChI=1S/C12H22O5S/c1-3-5-6-9-18(15,16)10-11(13)7-8-12(14)17-4-2/h3-10H2,1-2H3. The van der Waals surface area contributed by atoms with Crippen LogP contribution in [-0.2, 0) is 24.2 Å². The Hall–Kier alpha value is -0.910. The summed E-state index contributed by atoms with van der Waals surface area (Å²) < 4.78 is 27.8. The fourth-order valence-corrected chi connectivity index (χ4v) is 2.86. The first-order valence-corrected chi connectivity index (χ1v) is 8.11. The Morgan fingerprint density at radius 2 is 1.72 bits per heavy atom. The van der Waals surface area contributed by atoms with Crippen molar-refractivity contribution in [3.05, 3.63) is 0 Å². The lowest BCUT2D eigenvalue weighted by molar-refractivity contribution is -0.144. The number of carbonyl (C=O) groups is 2. The largest absolute Gasteiger partial charge is 0.466 e. The number of sulfone groups is 1. The first kappa shape index (κ1) is 17.1. The van der Waals surface area contributed by atoms with Crippen molar-refractivity contribution in [1.82, 2.24) is 0 Å². The number of hydrogen-bond acceptors (Lipinski definition) is 5. The molecule has 0 rings (SSSR count). The fraction of sp³-hybridized carbons (Fsp3) is 0.833. The van der Waals surface area contributed by atoms with Crippen molar-refractivity contribution < 1.29 is 22.7 Å². The Morgan fingerprint density at radius 3 is 2.28 bits per heavy atom. The summed E-state index contributed by atoms with van der Waals surface area (Å²) >= 11 is 0. The molecule has 0 heterocycles. The van der Waals surface area contributed by atoms with Gasteiger partial charge in [0.2, 0.25) is 0 Å². The third-order valence-electron chi connectivity index (χ3n) is 2.35. The lowest BCUT2D eigenvalue weighted by Crippen LogP contribution is -2.20. The predicted octanol–water partition coefficient (Wildman–Crippen LogP) is 1.50. The van der Waals surface area contributed by atoms with Gasteiger partial charge in [0.25, 0.3) is 0 Å². The normalized spacial score (nSPS) is 11.2. The Kier molecular flexibility index (Phi) is 8.62. The molecule has 0 aliphatic rings. The lowest BCUT2D eigenvalue weighted by Gasteiger charge is -2.03. The van der Waals surface area contributed by atoms with Gasteiger partial charge in [-0.05, 0) is 13.3 Å². The molecule has 0 saturated heterocycles. The maximum Gasteiger partial charge on any atom is 0.306 e. The van der Waals surface area contributed by atoms with Crippen molar-refractivity contribution in [1.29, 1.82) is 0 Å². The maximum atomic E-state index is 11.5. The second kappa shape index (κ2) is 9.08. The minimum Gasteiger partial charge on any atom is -0.466 e. The van der Waals surface area contributed by atoms with E-state index in [0.717, 1.165) is 12.8 Å². The molecule has 0 unspecified atom stereocenters. The Bertz CT molecular complexity index is 359. The van der Waals surface area contributed by atoms with Crippen molar-refractivity contribution in [2.24, 2.45) is 0 Å². The van der Waals surface area contributed by atoms with E-state index in [1.807, 2.05) is 6.92 Å². The number of Topliss-reactive ketones (excluding diaryl/α,β-unsaturated/α-hetero) is 1. The highest BCUT2D eigenvalue weighted by molar-refractivity contribution is 7.92. The number of hydrogen-bond donors (Lipinski definition) is 0. The summed E-state index contributed by atoms with van der Waals surface area (Å²) in [4.78, 5) is 22.4. The van der Waals surface area contributed by atoms with Gasteiger partial charge in [0.05, 0.1) is 18.8 Å². The van der Waals surface area contributed by atoms with Gasteiger partial charge in [-0.2, -0.15) is 0 Å². The average molecular weight is 278 g/mol. The van der Waals surface area contributed by atoms with Crippen LogP contribution in [0.25, 0.3) is 0 Å². The topological polar surface area (TPSA) is 77.5 Å². The van der Waals surface area contributed by atoms with Crippen LogP contribution in [0.15, 0.2) is 0 Å². The number of ketones is 1. The van der Waals surface area contributed by atoms with Crippen LogP contribution in [0, 0.1) is 0 Å². The van der Waals surface area contributed by atoms with Gasteiger partial charge in [-0.25, -0.2) is 8.42 Å². The highest BCUT2D eigenvalue weighted by Gasteiger charge is 2.17. The van der Waals surface area contributed by atoms with Gasteiger partial charge in [-0.3, -0.25) is 9.59 Å². The number of rotatable bonds is 10. The van der Waals surface area contributed by atoms with E-state index in [1.165, 1.54) is 0 Å². The minimum atomic E-state index is -3.31. The molecule has 0 bridgehead atoms. The zero-order valence-corrected chi connectivity index (χ0v) is 11.9. The van der Waals surface area contributed by atoms with Crippen LogP contribution in [0.5, 0.6) is 0 Å². The zero-order valence-electron chi connectivity index (χ0n) is 11.1. The van der Waals surface area contributed by atoms with Crippen LogP contribution >= 0.6 is 0 Å². The molecule has 0 aromatic rings. The summed E-state index contributed by atoms with van der Waals surface area (Å²) in [5.74, 6) is -1.30. The third kappa shape index (κ3) is 9.15. The van der Waals surface area contributed by atoms with E-state index >= 15 is 0 Å². The fourth-order valence-electron chi connectivity index (χ4n) is 1.44. The maximum absolute atomic E-state index is 11.5. The molecule has 0 saturated carbocycles. The lowest BCUT2D eigenvalue weighted by atomic mass is 10.2. The number of carbonyl (C=O) groups excluding carboxylic acids is 2. The SMILES string of the molecule is CCCCCS(=O)(=O)CC(=O)CCC(=O)OCC. The van der Waals surface area contributed by atoms with Gasteiger partial charge in [0, 0.05) is 6.42 Å². The van der Waals surface area contributed by atoms with Crippen molar-refractivity contribution in [3.63, 3.8) is 0 Å². The molecule has 0 N–H and O–H groups in total. The van der Waals surface area contributed by atoms with Crippen molar-refractivity contribution in [2.75, 3.05) is 18.1 Å². The highest BCUT2D eigenvalue weighted by atomic mass is 32.2. The quantitative estimate of drug-likeness (QED) is 0.447. The molecule has 0 fully saturated rings.